The highest BCUT2D eigenvalue weighted by Gasteiger charge is 2.07. The summed E-state index contributed by atoms with van der Waals surface area (Å²) in [6.45, 7) is 0.909. The molecule has 0 saturated heterocycles. The summed E-state index contributed by atoms with van der Waals surface area (Å²) in [6.07, 6.45) is 0. The van der Waals surface area contributed by atoms with Crippen molar-refractivity contribution < 1.29 is 4.74 Å². The maximum Gasteiger partial charge on any atom is 0.125 e. The Morgan fingerprint density at radius 2 is 2.12 bits per heavy atom. The number of halogens is 2. The Balaban J connectivity index is 2.11. The summed E-state index contributed by atoms with van der Waals surface area (Å²) in [6, 6.07) is 9.60. The van der Waals surface area contributed by atoms with Crippen molar-refractivity contribution in [2.24, 2.45) is 5.73 Å². The van der Waals surface area contributed by atoms with Crippen LogP contribution in [0.15, 0.2) is 34.1 Å². The minimum atomic E-state index is 0.378. The molecule has 0 atom stereocenters. The fourth-order valence-electron chi connectivity index (χ4n) is 1.45. The molecule has 0 unspecified atom stereocenters. The maximum absolute atomic E-state index is 6.05. The largest absolute Gasteiger partial charge is 0.488 e. The Hall–Kier alpha value is -0.550. The van der Waals surface area contributed by atoms with Crippen molar-refractivity contribution in [2.75, 3.05) is 0 Å². The molecule has 1 aromatic carbocycles. The van der Waals surface area contributed by atoms with E-state index in [9.17, 15) is 0 Å². The van der Waals surface area contributed by atoms with Crippen LogP contribution in [0.25, 0.3) is 0 Å². The van der Waals surface area contributed by atoms with Crippen molar-refractivity contribution in [2.45, 2.75) is 13.2 Å². The first-order valence-electron chi connectivity index (χ1n) is 5.05. The molecule has 1 aromatic heterocycles. The lowest BCUT2D eigenvalue weighted by Crippen LogP contribution is -2.02. The van der Waals surface area contributed by atoms with Gasteiger partial charge < -0.3 is 10.5 Å². The standard InChI is InChI=1S/C12H11BrClNOS/c13-12-5-4-8(17-12)7-16-11-3-1-2-10(14)9(11)6-15/h1-5H,6-7,15H2. The zero-order chi connectivity index (χ0) is 12.3. The highest BCUT2D eigenvalue weighted by atomic mass is 79.9. The van der Waals surface area contributed by atoms with Crippen molar-refractivity contribution in [3.05, 3.63) is 49.6 Å². The van der Waals surface area contributed by atoms with E-state index in [1.807, 2.05) is 30.3 Å². The quantitative estimate of drug-likeness (QED) is 0.910. The first-order chi connectivity index (χ1) is 8.20. The summed E-state index contributed by atoms with van der Waals surface area (Å²) in [4.78, 5) is 1.15. The highest BCUT2D eigenvalue weighted by molar-refractivity contribution is 9.11. The number of ether oxygens (including phenoxy) is 1. The number of nitrogens with two attached hydrogens (primary N) is 1. The predicted molar refractivity (Wildman–Crippen MR) is 75.7 cm³/mol. The van der Waals surface area contributed by atoms with Gasteiger partial charge in [-0.15, -0.1) is 11.3 Å². The van der Waals surface area contributed by atoms with Crippen LogP contribution in [-0.2, 0) is 13.2 Å². The van der Waals surface area contributed by atoms with E-state index in [0.29, 0.717) is 18.2 Å². The van der Waals surface area contributed by atoms with E-state index in [1.54, 1.807) is 11.3 Å². The Bertz CT molecular complexity index is 515. The van der Waals surface area contributed by atoms with E-state index in [4.69, 9.17) is 22.1 Å². The number of thiophene rings is 1. The lowest BCUT2D eigenvalue weighted by Gasteiger charge is -2.10. The van der Waals surface area contributed by atoms with E-state index in [0.717, 1.165) is 20.0 Å². The average Bonchev–Trinajstić information content (AvgIpc) is 2.72. The molecule has 0 aliphatic heterocycles. The molecule has 0 saturated carbocycles. The average molecular weight is 333 g/mol. The van der Waals surface area contributed by atoms with Gasteiger partial charge in [-0.25, -0.2) is 0 Å². The van der Waals surface area contributed by atoms with Gasteiger partial charge in [0.2, 0.25) is 0 Å². The molecule has 0 bridgehead atoms. The summed E-state index contributed by atoms with van der Waals surface area (Å²) in [5.74, 6) is 0.754. The smallest absolute Gasteiger partial charge is 0.125 e. The van der Waals surface area contributed by atoms with Crippen molar-refractivity contribution in [1.29, 1.82) is 0 Å². The van der Waals surface area contributed by atoms with Crippen LogP contribution < -0.4 is 10.5 Å². The fraction of sp³-hybridized carbons (Fsp3) is 0.167. The number of hydrogen-bond acceptors (Lipinski definition) is 3. The molecule has 2 N–H and O–H groups in total. The SMILES string of the molecule is NCc1c(Cl)cccc1OCc1ccc(Br)s1. The minimum absolute atomic E-state index is 0.378. The molecule has 5 heteroatoms. The van der Waals surface area contributed by atoms with Gasteiger partial charge in [0.25, 0.3) is 0 Å². The van der Waals surface area contributed by atoms with Gasteiger partial charge >= 0.3 is 0 Å². The van der Waals surface area contributed by atoms with Crippen LogP contribution in [0.3, 0.4) is 0 Å². The highest BCUT2D eigenvalue weighted by Crippen LogP contribution is 2.28. The second-order valence-electron chi connectivity index (χ2n) is 3.42. The molecule has 0 spiro atoms. The van der Waals surface area contributed by atoms with Gasteiger partial charge in [0.1, 0.15) is 12.4 Å². The van der Waals surface area contributed by atoms with Crippen LogP contribution in [0.5, 0.6) is 5.75 Å². The van der Waals surface area contributed by atoms with Crippen LogP contribution in [-0.4, -0.2) is 0 Å². The summed E-state index contributed by atoms with van der Waals surface area (Å²) in [5, 5.41) is 0.650. The van der Waals surface area contributed by atoms with E-state index in [2.05, 4.69) is 15.9 Å². The third-order valence-electron chi connectivity index (χ3n) is 2.28. The van der Waals surface area contributed by atoms with Gasteiger partial charge in [-0.3, -0.25) is 0 Å². The molecule has 0 aliphatic carbocycles. The molecule has 0 amide bonds. The van der Waals surface area contributed by atoms with Crippen LogP contribution in [0.1, 0.15) is 10.4 Å². The third kappa shape index (κ3) is 3.22. The van der Waals surface area contributed by atoms with E-state index in [-0.39, 0.29) is 0 Å². The molecule has 2 aromatic rings. The van der Waals surface area contributed by atoms with Gasteiger partial charge in [0.05, 0.1) is 3.79 Å². The normalized spacial score (nSPS) is 10.5. The molecule has 17 heavy (non-hydrogen) atoms. The van der Waals surface area contributed by atoms with Crippen LogP contribution >= 0.6 is 38.9 Å². The first kappa shape index (κ1) is 12.9. The van der Waals surface area contributed by atoms with Gasteiger partial charge in [-0.1, -0.05) is 17.7 Å². The number of hydrogen-bond donors (Lipinski definition) is 1. The molecular formula is C12H11BrClNOS. The summed E-state index contributed by atoms with van der Waals surface area (Å²) >= 11 is 11.1. The van der Waals surface area contributed by atoms with Crippen LogP contribution in [0, 0.1) is 0 Å². The molecule has 0 radical (unpaired) electrons. The topological polar surface area (TPSA) is 35.2 Å². The molecule has 2 rings (SSSR count). The second kappa shape index (κ2) is 5.87. The molecule has 0 fully saturated rings. The van der Waals surface area contributed by atoms with Crippen molar-refractivity contribution in [3.8, 4) is 5.75 Å². The second-order valence-corrected chi connectivity index (χ2v) is 6.37. The lowest BCUT2D eigenvalue weighted by atomic mass is 10.2. The van der Waals surface area contributed by atoms with Gasteiger partial charge in [0, 0.05) is 22.0 Å². The van der Waals surface area contributed by atoms with Crippen molar-refractivity contribution >= 4 is 38.9 Å². The van der Waals surface area contributed by atoms with E-state index >= 15 is 0 Å². The van der Waals surface area contributed by atoms with Crippen molar-refractivity contribution in [1.82, 2.24) is 0 Å². The van der Waals surface area contributed by atoms with Crippen LogP contribution in [0.2, 0.25) is 5.02 Å². The number of benzene rings is 1. The lowest BCUT2D eigenvalue weighted by molar-refractivity contribution is 0.306. The Labute approximate surface area is 117 Å². The molecule has 90 valence electrons. The zero-order valence-electron chi connectivity index (χ0n) is 8.95. The van der Waals surface area contributed by atoms with Crippen LogP contribution in [0.4, 0.5) is 0 Å². The summed E-state index contributed by atoms with van der Waals surface area (Å²) < 4.78 is 6.83. The summed E-state index contributed by atoms with van der Waals surface area (Å²) in [5.41, 5.74) is 6.51. The Morgan fingerprint density at radius 3 is 2.76 bits per heavy atom. The third-order valence-corrected chi connectivity index (χ3v) is 4.23. The predicted octanol–water partition coefficient (Wildman–Crippen LogP) is 4.20. The molecular weight excluding hydrogens is 322 g/mol. The monoisotopic (exact) mass is 331 g/mol. The van der Waals surface area contributed by atoms with Gasteiger partial charge in [-0.05, 0) is 40.2 Å². The Kier molecular flexibility index (Phi) is 4.45. The number of rotatable bonds is 4. The summed E-state index contributed by atoms with van der Waals surface area (Å²) in [7, 11) is 0. The molecule has 2 nitrogen and oxygen atoms in total. The maximum atomic E-state index is 6.05. The fourth-order valence-corrected chi connectivity index (χ4v) is 3.09. The first-order valence-corrected chi connectivity index (χ1v) is 7.04. The minimum Gasteiger partial charge on any atom is -0.488 e. The van der Waals surface area contributed by atoms with E-state index < -0.39 is 0 Å². The van der Waals surface area contributed by atoms with E-state index in [1.165, 1.54) is 0 Å². The Morgan fingerprint density at radius 1 is 1.29 bits per heavy atom. The zero-order valence-corrected chi connectivity index (χ0v) is 12.1. The molecule has 1 heterocycles. The molecule has 0 aliphatic rings. The van der Waals surface area contributed by atoms with Gasteiger partial charge in [0.15, 0.2) is 0 Å². The van der Waals surface area contributed by atoms with Gasteiger partial charge in [-0.2, -0.15) is 0 Å². The van der Waals surface area contributed by atoms with Crippen molar-refractivity contribution in [3.63, 3.8) is 0 Å².